The number of aromatic nitrogens is 2. The van der Waals surface area contributed by atoms with Crippen LogP contribution in [0, 0.1) is 6.92 Å². The van der Waals surface area contributed by atoms with Crippen LogP contribution in [0.15, 0.2) is 6.07 Å². The van der Waals surface area contributed by atoms with Gasteiger partial charge >= 0.3 is 6.18 Å². The fourth-order valence-electron chi connectivity index (χ4n) is 3.40. The molecule has 26 heavy (non-hydrogen) atoms. The van der Waals surface area contributed by atoms with Crippen LogP contribution < -0.4 is 9.80 Å². The maximum absolute atomic E-state index is 12.4. The zero-order valence-corrected chi connectivity index (χ0v) is 14.9. The van der Waals surface area contributed by atoms with Crippen molar-refractivity contribution in [1.29, 1.82) is 0 Å². The summed E-state index contributed by atoms with van der Waals surface area (Å²) in [6, 6.07) is 1.97. The number of halogens is 3. The molecular formula is C17H24F3N5O. The predicted octanol–water partition coefficient (Wildman–Crippen LogP) is 2.38. The highest BCUT2D eigenvalue weighted by Gasteiger charge is 2.34. The van der Waals surface area contributed by atoms with E-state index in [2.05, 4.69) is 14.9 Å². The maximum atomic E-state index is 12.4. The Hall–Kier alpha value is -2.06. The minimum absolute atomic E-state index is 0.255. The van der Waals surface area contributed by atoms with Gasteiger partial charge in [0, 0.05) is 51.0 Å². The highest BCUT2D eigenvalue weighted by Crippen LogP contribution is 2.23. The molecule has 1 aromatic rings. The van der Waals surface area contributed by atoms with Gasteiger partial charge in [-0.05, 0) is 26.2 Å². The normalized spacial score (nSPS) is 19.0. The van der Waals surface area contributed by atoms with Crippen LogP contribution in [0.3, 0.4) is 0 Å². The quantitative estimate of drug-likeness (QED) is 0.817. The lowest BCUT2D eigenvalue weighted by molar-refractivity contribution is -0.161. The lowest BCUT2D eigenvalue weighted by atomic mass is 10.1. The Morgan fingerprint density at radius 3 is 2.27 bits per heavy atom. The standard InChI is InChI=1S/C17H24F3N5O/c1-13-11-14(23-5-3-2-4-6-23)22-16(21-13)25-9-7-24(8-10-25)15(26)12-17(18,19)20/h11H,2-10,12H2,1H3. The molecule has 0 aromatic carbocycles. The van der Waals surface area contributed by atoms with Gasteiger partial charge < -0.3 is 14.7 Å². The number of aryl methyl sites for hydroxylation is 1. The fourth-order valence-corrected chi connectivity index (χ4v) is 3.40. The van der Waals surface area contributed by atoms with Gasteiger partial charge in [0.1, 0.15) is 12.2 Å². The maximum Gasteiger partial charge on any atom is 0.397 e. The Balaban J connectivity index is 1.64. The number of nitrogens with zero attached hydrogens (tertiary/aromatic N) is 5. The van der Waals surface area contributed by atoms with Crippen LogP contribution in [-0.2, 0) is 4.79 Å². The summed E-state index contributed by atoms with van der Waals surface area (Å²) in [4.78, 5) is 26.3. The highest BCUT2D eigenvalue weighted by atomic mass is 19.4. The minimum Gasteiger partial charge on any atom is -0.356 e. The van der Waals surface area contributed by atoms with Crippen molar-refractivity contribution in [3.63, 3.8) is 0 Å². The smallest absolute Gasteiger partial charge is 0.356 e. The number of carbonyl (C=O) groups excluding carboxylic acids is 1. The summed E-state index contributed by atoms with van der Waals surface area (Å²) in [5.74, 6) is 0.632. The zero-order chi connectivity index (χ0) is 18.7. The molecule has 2 saturated heterocycles. The van der Waals surface area contributed by atoms with Crippen LogP contribution in [0.25, 0.3) is 0 Å². The van der Waals surface area contributed by atoms with Crippen molar-refractivity contribution in [3.05, 3.63) is 11.8 Å². The number of carbonyl (C=O) groups is 1. The van der Waals surface area contributed by atoms with Gasteiger partial charge in [0.15, 0.2) is 0 Å². The molecule has 0 saturated carbocycles. The van der Waals surface area contributed by atoms with Crippen molar-refractivity contribution in [3.8, 4) is 0 Å². The number of piperazine rings is 1. The second kappa shape index (κ2) is 7.67. The summed E-state index contributed by atoms with van der Waals surface area (Å²) in [5, 5.41) is 0. The minimum atomic E-state index is -4.46. The van der Waals surface area contributed by atoms with Crippen molar-refractivity contribution < 1.29 is 18.0 Å². The van der Waals surface area contributed by atoms with E-state index in [0.29, 0.717) is 19.0 Å². The largest absolute Gasteiger partial charge is 0.397 e. The lowest BCUT2D eigenvalue weighted by Crippen LogP contribution is -2.50. The molecule has 3 rings (SSSR count). The van der Waals surface area contributed by atoms with Gasteiger partial charge in [0.25, 0.3) is 0 Å². The van der Waals surface area contributed by atoms with Crippen molar-refractivity contribution >= 4 is 17.7 Å². The van der Waals surface area contributed by atoms with E-state index in [0.717, 1.165) is 37.4 Å². The van der Waals surface area contributed by atoms with E-state index in [1.54, 1.807) is 0 Å². The van der Waals surface area contributed by atoms with Crippen molar-refractivity contribution in [2.45, 2.75) is 38.8 Å². The molecule has 0 unspecified atom stereocenters. The third-order valence-corrected chi connectivity index (χ3v) is 4.78. The van der Waals surface area contributed by atoms with Crippen LogP contribution in [0.1, 0.15) is 31.4 Å². The van der Waals surface area contributed by atoms with E-state index in [1.165, 1.54) is 11.3 Å². The summed E-state index contributed by atoms with van der Waals surface area (Å²) in [7, 11) is 0. The van der Waals surface area contributed by atoms with Gasteiger partial charge in [-0.3, -0.25) is 4.79 Å². The van der Waals surface area contributed by atoms with Gasteiger partial charge in [0.2, 0.25) is 11.9 Å². The number of alkyl halides is 3. The predicted molar refractivity (Wildman–Crippen MR) is 92.3 cm³/mol. The number of piperidine rings is 1. The van der Waals surface area contributed by atoms with E-state index in [1.807, 2.05) is 17.9 Å². The van der Waals surface area contributed by atoms with Gasteiger partial charge in [-0.1, -0.05) is 0 Å². The Labute approximate surface area is 151 Å². The fraction of sp³-hybridized carbons (Fsp3) is 0.706. The zero-order valence-electron chi connectivity index (χ0n) is 14.9. The van der Waals surface area contributed by atoms with Gasteiger partial charge in [0.05, 0.1) is 0 Å². The number of hydrogen-bond acceptors (Lipinski definition) is 5. The van der Waals surface area contributed by atoms with Crippen LogP contribution in [0.4, 0.5) is 24.9 Å². The second-order valence-corrected chi connectivity index (χ2v) is 6.88. The first-order chi connectivity index (χ1) is 12.3. The van der Waals surface area contributed by atoms with Gasteiger partial charge in [-0.25, -0.2) is 4.98 Å². The summed E-state index contributed by atoms with van der Waals surface area (Å²) in [6.07, 6.45) is -2.32. The topological polar surface area (TPSA) is 52.6 Å². The van der Waals surface area contributed by atoms with Crippen molar-refractivity contribution in [2.24, 2.45) is 0 Å². The van der Waals surface area contributed by atoms with Crippen LogP contribution in [-0.4, -0.2) is 66.2 Å². The molecule has 0 bridgehead atoms. The molecular weight excluding hydrogens is 347 g/mol. The molecule has 1 aromatic heterocycles. The number of amides is 1. The third kappa shape index (κ3) is 4.76. The third-order valence-electron chi connectivity index (χ3n) is 4.78. The number of rotatable bonds is 3. The molecule has 0 spiro atoms. The molecule has 0 N–H and O–H groups in total. The number of anilines is 2. The van der Waals surface area contributed by atoms with Crippen molar-refractivity contribution in [2.75, 3.05) is 49.1 Å². The summed E-state index contributed by atoms with van der Waals surface area (Å²) < 4.78 is 37.2. The monoisotopic (exact) mass is 371 g/mol. The molecule has 2 aliphatic heterocycles. The first-order valence-corrected chi connectivity index (χ1v) is 9.02. The van der Waals surface area contributed by atoms with E-state index in [9.17, 15) is 18.0 Å². The van der Waals surface area contributed by atoms with E-state index < -0.39 is 18.5 Å². The molecule has 2 aliphatic rings. The molecule has 144 valence electrons. The van der Waals surface area contributed by atoms with Crippen LogP contribution in [0.5, 0.6) is 0 Å². The molecule has 6 nitrogen and oxygen atoms in total. The average Bonchev–Trinajstić information content (AvgIpc) is 2.61. The first-order valence-electron chi connectivity index (χ1n) is 9.02. The van der Waals surface area contributed by atoms with Gasteiger partial charge in [-0.2, -0.15) is 18.2 Å². The Bertz CT molecular complexity index is 638. The van der Waals surface area contributed by atoms with Crippen LogP contribution in [0.2, 0.25) is 0 Å². The summed E-state index contributed by atoms with van der Waals surface area (Å²) in [5.41, 5.74) is 0.867. The SMILES string of the molecule is Cc1cc(N2CCCCC2)nc(N2CCN(C(=O)CC(F)(F)F)CC2)n1. The van der Waals surface area contributed by atoms with E-state index in [-0.39, 0.29) is 13.1 Å². The Kier molecular flexibility index (Phi) is 5.52. The molecule has 1 amide bonds. The second-order valence-electron chi connectivity index (χ2n) is 6.88. The summed E-state index contributed by atoms with van der Waals surface area (Å²) >= 11 is 0. The molecule has 9 heteroatoms. The first kappa shape index (κ1) is 18.7. The lowest BCUT2D eigenvalue weighted by Gasteiger charge is -2.35. The number of hydrogen-bond donors (Lipinski definition) is 0. The Morgan fingerprint density at radius 1 is 1.00 bits per heavy atom. The van der Waals surface area contributed by atoms with E-state index >= 15 is 0 Å². The average molecular weight is 371 g/mol. The molecule has 0 aliphatic carbocycles. The van der Waals surface area contributed by atoms with Crippen molar-refractivity contribution in [1.82, 2.24) is 14.9 Å². The molecule has 2 fully saturated rings. The molecule has 3 heterocycles. The van der Waals surface area contributed by atoms with E-state index in [4.69, 9.17) is 0 Å². The molecule has 0 radical (unpaired) electrons. The highest BCUT2D eigenvalue weighted by molar-refractivity contribution is 5.77. The van der Waals surface area contributed by atoms with Crippen LogP contribution >= 0.6 is 0 Å². The molecule has 0 atom stereocenters. The summed E-state index contributed by atoms with van der Waals surface area (Å²) in [6.45, 7) is 5.27. The van der Waals surface area contributed by atoms with Gasteiger partial charge in [-0.15, -0.1) is 0 Å². The Morgan fingerprint density at radius 2 is 1.65 bits per heavy atom.